The van der Waals surface area contributed by atoms with Crippen molar-refractivity contribution < 1.29 is 0 Å². The summed E-state index contributed by atoms with van der Waals surface area (Å²) in [5, 5.41) is 3.86. The van der Waals surface area contributed by atoms with Crippen LogP contribution in [0.1, 0.15) is 32.0 Å². The molecule has 1 heterocycles. The van der Waals surface area contributed by atoms with E-state index in [-0.39, 0.29) is 11.0 Å². The Bertz CT molecular complexity index is 647. The van der Waals surface area contributed by atoms with E-state index in [1.54, 1.807) is 16.8 Å². The van der Waals surface area contributed by atoms with E-state index in [9.17, 15) is 4.79 Å². The highest BCUT2D eigenvalue weighted by atomic mass is 35.5. The van der Waals surface area contributed by atoms with Crippen LogP contribution in [0.2, 0.25) is 5.02 Å². The van der Waals surface area contributed by atoms with E-state index >= 15 is 0 Å². The Labute approximate surface area is 123 Å². The third-order valence-electron chi connectivity index (χ3n) is 3.22. The Morgan fingerprint density at radius 1 is 1.25 bits per heavy atom. The van der Waals surface area contributed by atoms with Gasteiger partial charge in [-0.05, 0) is 37.2 Å². The molecule has 1 aromatic heterocycles. The van der Waals surface area contributed by atoms with Gasteiger partial charge in [-0.3, -0.25) is 9.89 Å². The zero-order chi connectivity index (χ0) is 14.9. The SMILES string of the molecule is CC(C)(C)c1[nH]n(-c2ccc(Cl)cc2)c(=O)c1CCN. The van der Waals surface area contributed by atoms with Gasteiger partial charge >= 0.3 is 0 Å². The van der Waals surface area contributed by atoms with Gasteiger partial charge in [0.15, 0.2) is 0 Å². The molecule has 2 aromatic rings. The van der Waals surface area contributed by atoms with Crippen LogP contribution in [-0.2, 0) is 11.8 Å². The summed E-state index contributed by atoms with van der Waals surface area (Å²) in [6.45, 7) is 6.68. The second-order valence-electron chi connectivity index (χ2n) is 5.87. The van der Waals surface area contributed by atoms with Crippen LogP contribution in [0, 0.1) is 0 Å². The highest BCUT2D eigenvalue weighted by Gasteiger charge is 2.24. The van der Waals surface area contributed by atoms with Crippen LogP contribution in [0.4, 0.5) is 0 Å². The summed E-state index contributed by atoms with van der Waals surface area (Å²) in [4.78, 5) is 12.6. The number of nitrogens with two attached hydrogens (primary N) is 1. The van der Waals surface area contributed by atoms with Crippen LogP contribution in [-0.4, -0.2) is 16.3 Å². The lowest BCUT2D eigenvalue weighted by Gasteiger charge is -2.18. The second kappa shape index (κ2) is 5.46. The normalized spacial score (nSPS) is 11.8. The molecule has 0 amide bonds. The van der Waals surface area contributed by atoms with E-state index in [1.807, 2.05) is 12.1 Å². The number of aromatic nitrogens is 2. The number of halogens is 1. The summed E-state index contributed by atoms with van der Waals surface area (Å²) in [6.07, 6.45) is 0.572. The molecule has 0 saturated heterocycles. The topological polar surface area (TPSA) is 63.8 Å². The number of hydrogen-bond donors (Lipinski definition) is 2. The van der Waals surface area contributed by atoms with Crippen molar-refractivity contribution in [1.29, 1.82) is 0 Å². The lowest BCUT2D eigenvalue weighted by molar-refractivity contribution is 0.554. The number of rotatable bonds is 3. The van der Waals surface area contributed by atoms with Crippen molar-refractivity contribution in [2.24, 2.45) is 5.73 Å². The smallest absolute Gasteiger partial charge is 0.274 e. The van der Waals surface area contributed by atoms with Crippen molar-refractivity contribution in [2.45, 2.75) is 32.6 Å². The van der Waals surface area contributed by atoms with Gasteiger partial charge in [0.2, 0.25) is 0 Å². The molecule has 0 aliphatic carbocycles. The molecular weight excluding hydrogens is 274 g/mol. The van der Waals surface area contributed by atoms with Crippen LogP contribution < -0.4 is 11.3 Å². The average Bonchev–Trinajstić information content (AvgIpc) is 2.69. The largest absolute Gasteiger partial charge is 0.330 e. The summed E-state index contributed by atoms with van der Waals surface area (Å²) >= 11 is 5.88. The number of benzene rings is 1. The average molecular weight is 294 g/mol. The Morgan fingerprint density at radius 3 is 2.35 bits per heavy atom. The predicted octanol–water partition coefficient (Wildman–Crippen LogP) is 2.62. The molecule has 20 heavy (non-hydrogen) atoms. The second-order valence-corrected chi connectivity index (χ2v) is 6.31. The van der Waals surface area contributed by atoms with E-state index in [0.29, 0.717) is 18.0 Å². The van der Waals surface area contributed by atoms with Crippen LogP contribution in [0.3, 0.4) is 0 Å². The Balaban J connectivity index is 2.61. The lowest BCUT2D eigenvalue weighted by Crippen LogP contribution is -2.21. The maximum Gasteiger partial charge on any atom is 0.274 e. The monoisotopic (exact) mass is 293 g/mol. The highest BCUT2D eigenvalue weighted by molar-refractivity contribution is 6.30. The van der Waals surface area contributed by atoms with E-state index in [2.05, 4.69) is 25.9 Å². The van der Waals surface area contributed by atoms with Gasteiger partial charge in [-0.2, -0.15) is 0 Å². The molecule has 5 heteroatoms. The molecular formula is C15H20ClN3O. The molecule has 0 aliphatic heterocycles. The number of aromatic amines is 1. The molecule has 3 N–H and O–H groups in total. The maximum atomic E-state index is 12.6. The molecule has 0 spiro atoms. The summed E-state index contributed by atoms with van der Waals surface area (Å²) < 4.78 is 1.56. The van der Waals surface area contributed by atoms with Crippen LogP contribution in [0.25, 0.3) is 5.69 Å². The van der Waals surface area contributed by atoms with Crippen molar-refractivity contribution in [3.8, 4) is 5.69 Å². The van der Waals surface area contributed by atoms with E-state index in [0.717, 1.165) is 16.9 Å². The molecule has 108 valence electrons. The molecule has 0 saturated carbocycles. The fourth-order valence-electron chi connectivity index (χ4n) is 2.24. The maximum absolute atomic E-state index is 12.6. The van der Waals surface area contributed by atoms with Crippen molar-refractivity contribution in [3.63, 3.8) is 0 Å². The van der Waals surface area contributed by atoms with Gasteiger partial charge in [-0.1, -0.05) is 32.4 Å². The standard InChI is InChI=1S/C15H20ClN3O/c1-15(2,3)13-12(8-9-17)14(20)19(18-13)11-6-4-10(16)5-7-11/h4-7,18H,8-9,17H2,1-3H3. The van der Waals surface area contributed by atoms with Crippen LogP contribution in [0.5, 0.6) is 0 Å². The van der Waals surface area contributed by atoms with Crippen molar-refractivity contribution >= 4 is 11.6 Å². The number of nitrogens with zero attached hydrogens (tertiary/aromatic N) is 1. The first-order valence-corrected chi connectivity index (χ1v) is 7.03. The molecule has 0 fully saturated rings. The molecule has 1 aromatic carbocycles. The molecule has 0 unspecified atom stereocenters. The first kappa shape index (κ1) is 14.9. The zero-order valence-corrected chi connectivity index (χ0v) is 12.8. The Hall–Kier alpha value is -1.52. The fourth-order valence-corrected chi connectivity index (χ4v) is 2.37. The Morgan fingerprint density at radius 2 is 1.85 bits per heavy atom. The van der Waals surface area contributed by atoms with Gasteiger partial charge in [0.25, 0.3) is 5.56 Å². The van der Waals surface area contributed by atoms with Crippen LogP contribution in [0.15, 0.2) is 29.1 Å². The summed E-state index contributed by atoms with van der Waals surface area (Å²) in [6, 6.07) is 7.17. The van der Waals surface area contributed by atoms with Gasteiger partial charge in [0, 0.05) is 21.7 Å². The molecule has 0 aliphatic rings. The van der Waals surface area contributed by atoms with E-state index in [4.69, 9.17) is 17.3 Å². The third-order valence-corrected chi connectivity index (χ3v) is 3.47. The quantitative estimate of drug-likeness (QED) is 0.914. The molecule has 4 nitrogen and oxygen atoms in total. The third kappa shape index (κ3) is 2.81. The minimum Gasteiger partial charge on any atom is -0.330 e. The number of H-pyrrole nitrogens is 1. The molecule has 2 rings (SSSR count). The van der Waals surface area contributed by atoms with E-state index in [1.165, 1.54) is 0 Å². The highest BCUT2D eigenvalue weighted by Crippen LogP contribution is 2.23. The first-order chi connectivity index (χ1) is 9.34. The number of hydrogen-bond acceptors (Lipinski definition) is 2. The minimum absolute atomic E-state index is 0.0392. The van der Waals surface area contributed by atoms with Gasteiger partial charge in [0.05, 0.1) is 5.69 Å². The van der Waals surface area contributed by atoms with Gasteiger partial charge < -0.3 is 5.73 Å². The molecule has 0 atom stereocenters. The van der Waals surface area contributed by atoms with Gasteiger partial charge in [-0.15, -0.1) is 0 Å². The number of nitrogens with one attached hydrogen (secondary N) is 1. The fraction of sp³-hybridized carbons (Fsp3) is 0.400. The van der Waals surface area contributed by atoms with Crippen LogP contribution >= 0.6 is 11.6 Å². The first-order valence-electron chi connectivity index (χ1n) is 6.65. The Kier molecular flexibility index (Phi) is 4.06. The lowest BCUT2D eigenvalue weighted by atomic mass is 9.89. The summed E-state index contributed by atoms with van der Waals surface area (Å²) in [5.41, 5.74) is 7.92. The molecule has 0 bridgehead atoms. The molecule has 0 radical (unpaired) electrons. The van der Waals surface area contributed by atoms with Crippen molar-refractivity contribution in [3.05, 3.63) is 50.9 Å². The minimum atomic E-state index is -0.138. The van der Waals surface area contributed by atoms with Crippen molar-refractivity contribution in [1.82, 2.24) is 9.78 Å². The summed E-state index contributed by atoms with van der Waals surface area (Å²) in [7, 11) is 0. The van der Waals surface area contributed by atoms with Gasteiger partial charge in [-0.25, -0.2) is 4.68 Å². The van der Waals surface area contributed by atoms with Gasteiger partial charge in [0.1, 0.15) is 0 Å². The van der Waals surface area contributed by atoms with E-state index < -0.39 is 0 Å². The van der Waals surface area contributed by atoms with Crippen molar-refractivity contribution in [2.75, 3.05) is 6.54 Å². The summed E-state index contributed by atoms with van der Waals surface area (Å²) in [5.74, 6) is 0. The predicted molar refractivity (Wildman–Crippen MR) is 82.9 cm³/mol. The zero-order valence-electron chi connectivity index (χ0n) is 12.0.